The van der Waals surface area contributed by atoms with E-state index in [9.17, 15) is 14.9 Å². The van der Waals surface area contributed by atoms with Gasteiger partial charge < -0.3 is 10.1 Å². The highest BCUT2D eigenvalue weighted by Gasteiger charge is 2.19. The summed E-state index contributed by atoms with van der Waals surface area (Å²) in [5.41, 5.74) is 2.23. The Morgan fingerprint density at radius 1 is 1.38 bits per heavy atom. The highest BCUT2D eigenvalue weighted by Crippen LogP contribution is 2.27. The average molecular weight is 414 g/mol. The molecule has 3 rings (SSSR count). The van der Waals surface area contributed by atoms with E-state index in [4.69, 9.17) is 16.3 Å². The molecule has 150 valence electrons. The van der Waals surface area contributed by atoms with Crippen molar-refractivity contribution in [1.29, 1.82) is 5.26 Å². The number of rotatable bonds is 7. The molecule has 0 aliphatic heterocycles. The lowest BCUT2D eigenvalue weighted by atomic mass is 9.98. The van der Waals surface area contributed by atoms with Gasteiger partial charge in [-0.15, -0.1) is 11.6 Å². The highest BCUT2D eigenvalue weighted by atomic mass is 35.5. The number of ether oxygens (including phenoxy) is 1. The van der Waals surface area contributed by atoms with Gasteiger partial charge in [-0.05, 0) is 30.2 Å². The van der Waals surface area contributed by atoms with Gasteiger partial charge in [0.05, 0.1) is 12.2 Å². The third kappa shape index (κ3) is 4.25. The number of nitrogens with zero attached hydrogens (tertiary/aromatic N) is 3. The highest BCUT2D eigenvalue weighted by molar-refractivity contribution is 6.27. The van der Waals surface area contributed by atoms with Gasteiger partial charge in [0.1, 0.15) is 29.9 Å². The van der Waals surface area contributed by atoms with Gasteiger partial charge in [-0.3, -0.25) is 14.7 Å². The predicted molar refractivity (Wildman–Crippen MR) is 109 cm³/mol. The van der Waals surface area contributed by atoms with Crippen molar-refractivity contribution in [2.24, 2.45) is 0 Å². The van der Waals surface area contributed by atoms with E-state index >= 15 is 0 Å². The number of aromatic amines is 1. The van der Waals surface area contributed by atoms with Crippen LogP contribution < -0.4 is 15.6 Å². The molecule has 0 spiro atoms. The van der Waals surface area contributed by atoms with Crippen LogP contribution in [0.2, 0.25) is 0 Å². The van der Waals surface area contributed by atoms with E-state index in [0.29, 0.717) is 41.4 Å². The Hall–Kier alpha value is -3.31. The van der Waals surface area contributed by atoms with Crippen LogP contribution in [0.5, 0.6) is 5.75 Å². The molecule has 0 fully saturated rings. The number of carbonyl (C=O) groups is 1. The Morgan fingerprint density at radius 3 is 2.72 bits per heavy atom. The van der Waals surface area contributed by atoms with Crippen LogP contribution in [0.25, 0.3) is 16.9 Å². The summed E-state index contributed by atoms with van der Waals surface area (Å²) in [4.78, 5) is 28.6. The molecule has 0 saturated heterocycles. The zero-order valence-corrected chi connectivity index (χ0v) is 16.8. The summed E-state index contributed by atoms with van der Waals surface area (Å²) in [5, 5.41) is 14.7. The van der Waals surface area contributed by atoms with E-state index in [1.54, 1.807) is 12.1 Å². The summed E-state index contributed by atoms with van der Waals surface area (Å²) < 4.78 is 6.89. The number of nitrogens with one attached hydrogen (secondary N) is 2. The summed E-state index contributed by atoms with van der Waals surface area (Å²) in [6, 6.07) is 9.22. The summed E-state index contributed by atoms with van der Waals surface area (Å²) in [6.45, 7) is 4.51. The molecule has 0 aliphatic rings. The second-order valence-corrected chi connectivity index (χ2v) is 6.92. The molecular weight excluding hydrogens is 394 g/mol. The number of halogens is 1. The maximum Gasteiger partial charge on any atom is 0.276 e. The molecule has 0 aliphatic carbocycles. The topological polar surface area (TPSA) is 112 Å². The fourth-order valence-electron chi connectivity index (χ4n) is 2.97. The second-order valence-electron chi connectivity index (χ2n) is 6.65. The van der Waals surface area contributed by atoms with Gasteiger partial charge in [0.25, 0.3) is 5.56 Å². The third-order valence-corrected chi connectivity index (χ3v) is 4.58. The Labute approximate surface area is 172 Å². The number of carbonyl (C=O) groups excluding carboxylic acids is 1. The molecule has 1 aromatic carbocycles. The van der Waals surface area contributed by atoms with Crippen LogP contribution in [0.4, 0.5) is 0 Å². The first-order valence-corrected chi connectivity index (χ1v) is 9.59. The molecule has 2 N–H and O–H groups in total. The smallest absolute Gasteiger partial charge is 0.276 e. The first-order valence-electron chi connectivity index (χ1n) is 9.06. The van der Waals surface area contributed by atoms with Gasteiger partial charge in [0, 0.05) is 17.3 Å². The summed E-state index contributed by atoms with van der Waals surface area (Å²) in [7, 11) is 0. The first kappa shape index (κ1) is 20.4. The molecule has 9 heteroatoms. The van der Waals surface area contributed by atoms with Crippen LogP contribution in [-0.4, -0.2) is 39.5 Å². The van der Waals surface area contributed by atoms with E-state index < -0.39 is 0 Å². The van der Waals surface area contributed by atoms with Crippen molar-refractivity contribution in [3.05, 3.63) is 51.9 Å². The van der Waals surface area contributed by atoms with Gasteiger partial charge >= 0.3 is 0 Å². The lowest BCUT2D eigenvalue weighted by Gasteiger charge is -2.13. The molecular formula is C20H20ClN5O3. The van der Waals surface area contributed by atoms with Crippen LogP contribution in [0.15, 0.2) is 35.3 Å². The van der Waals surface area contributed by atoms with E-state index in [1.807, 2.05) is 32.0 Å². The number of H-pyrrole nitrogens is 1. The maximum absolute atomic E-state index is 12.9. The number of fused-ring (bicyclic) bond motifs is 1. The van der Waals surface area contributed by atoms with Gasteiger partial charge in [-0.25, -0.2) is 9.50 Å². The molecule has 1 amide bonds. The number of benzene rings is 1. The standard InChI is InChI=1S/C20H20ClN5O3/c1-12(2)17-18(25-19-14(10-22)11-24-26(19)20(17)28)13-3-5-15(6-4-13)29-8-7-23-16(27)9-21/h3-6,11-12,24H,7-9H2,1-2H3,(H,23,27). The third-order valence-electron chi connectivity index (χ3n) is 4.34. The molecule has 3 aromatic rings. The van der Waals surface area contributed by atoms with Crippen molar-refractivity contribution in [2.45, 2.75) is 19.8 Å². The van der Waals surface area contributed by atoms with Gasteiger partial charge in [0.2, 0.25) is 5.91 Å². The summed E-state index contributed by atoms with van der Waals surface area (Å²) in [5.74, 6) is 0.231. The van der Waals surface area contributed by atoms with Gasteiger partial charge in [-0.2, -0.15) is 5.26 Å². The Kier molecular flexibility index (Phi) is 6.20. The average Bonchev–Trinajstić information content (AvgIpc) is 3.14. The second kappa shape index (κ2) is 8.80. The Morgan fingerprint density at radius 2 is 2.10 bits per heavy atom. The monoisotopic (exact) mass is 413 g/mol. The number of nitriles is 1. The van der Waals surface area contributed by atoms with Crippen molar-refractivity contribution in [3.63, 3.8) is 0 Å². The normalized spacial score (nSPS) is 10.9. The quantitative estimate of drug-likeness (QED) is 0.456. The van der Waals surface area contributed by atoms with Crippen LogP contribution in [0.1, 0.15) is 30.9 Å². The molecule has 0 saturated carbocycles. The fourth-order valence-corrected chi connectivity index (χ4v) is 3.06. The van der Waals surface area contributed by atoms with Crippen LogP contribution >= 0.6 is 11.6 Å². The van der Waals surface area contributed by atoms with Crippen molar-refractivity contribution in [3.8, 4) is 23.1 Å². The van der Waals surface area contributed by atoms with Crippen molar-refractivity contribution < 1.29 is 9.53 Å². The van der Waals surface area contributed by atoms with Crippen LogP contribution in [0.3, 0.4) is 0 Å². The molecule has 0 atom stereocenters. The molecule has 29 heavy (non-hydrogen) atoms. The van der Waals surface area contributed by atoms with Gasteiger partial charge in [-0.1, -0.05) is 13.8 Å². The summed E-state index contributed by atoms with van der Waals surface area (Å²) >= 11 is 5.42. The molecule has 0 unspecified atom stereocenters. The van der Waals surface area contributed by atoms with E-state index in [0.717, 1.165) is 5.56 Å². The number of alkyl halides is 1. The van der Waals surface area contributed by atoms with Crippen LogP contribution in [0, 0.1) is 11.3 Å². The molecule has 2 aromatic heterocycles. The zero-order chi connectivity index (χ0) is 21.0. The lowest BCUT2D eigenvalue weighted by molar-refractivity contribution is -0.118. The SMILES string of the molecule is CC(C)c1c(-c2ccc(OCCNC(=O)CCl)cc2)nc2c(C#N)c[nH]n2c1=O. The summed E-state index contributed by atoms with van der Waals surface area (Å²) in [6.07, 6.45) is 1.47. The zero-order valence-electron chi connectivity index (χ0n) is 16.0. The van der Waals surface area contributed by atoms with E-state index in [1.165, 1.54) is 10.7 Å². The fraction of sp³-hybridized carbons (Fsp3) is 0.300. The van der Waals surface area contributed by atoms with E-state index in [2.05, 4.69) is 15.4 Å². The first-order chi connectivity index (χ1) is 14.0. The van der Waals surface area contributed by atoms with Crippen molar-refractivity contribution in [2.75, 3.05) is 19.0 Å². The minimum Gasteiger partial charge on any atom is -0.492 e. The number of aromatic nitrogens is 3. The molecule has 2 heterocycles. The number of hydrogen-bond acceptors (Lipinski definition) is 5. The van der Waals surface area contributed by atoms with Crippen LogP contribution in [-0.2, 0) is 4.79 Å². The van der Waals surface area contributed by atoms with Crippen molar-refractivity contribution in [1.82, 2.24) is 19.9 Å². The van der Waals surface area contributed by atoms with E-state index in [-0.39, 0.29) is 23.3 Å². The van der Waals surface area contributed by atoms with Crippen molar-refractivity contribution >= 4 is 23.2 Å². The predicted octanol–water partition coefficient (Wildman–Crippen LogP) is 2.42. The maximum atomic E-state index is 12.9. The van der Waals surface area contributed by atoms with Gasteiger partial charge in [0.15, 0.2) is 5.65 Å². The molecule has 0 radical (unpaired) electrons. The Balaban J connectivity index is 1.90. The number of amides is 1. The number of hydrogen-bond donors (Lipinski definition) is 2. The Bertz CT molecular complexity index is 1130. The largest absolute Gasteiger partial charge is 0.492 e. The lowest BCUT2D eigenvalue weighted by Crippen LogP contribution is -2.28. The minimum absolute atomic E-state index is 0.0581. The molecule has 8 nitrogen and oxygen atoms in total. The molecule has 0 bridgehead atoms. The minimum atomic E-state index is -0.249.